The number of fused-ring (bicyclic) bond motifs is 1. The fourth-order valence-electron chi connectivity index (χ4n) is 2.47. The van der Waals surface area contributed by atoms with Crippen molar-refractivity contribution in [3.05, 3.63) is 65.2 Å². The van der Waals surface area contributed by atoms with Crippen LogP contribution in [0.5, 0.6) is 0 Å². The molecular formula is C19H14F3NO4. The molecule has 0 fully saturated rings. The van der Waals surface area contributed by atoms with Crippen LogP contribution in [0, 0.1) is 24.4 Å². The lowest BCUT2D eigenvalue weighted by Gasteiger charge is -2.13. The third kappa shape index (κ3) is 3.79. The number of furan rings is 1. The molecule has 8 heteroatoms. The second-order valence-corrected chi connectivity index (χ2v) is 5.86. The molecule has 3 aromatic rings. The first kappa shape index (κ1) is 18.5. The van der Waals surface area contributed by atoms with E-state index < -0.39 is 35.4 Å². The Balaban J connectivity index is 1.72. The molecule has 0 spiro atoms. The zero-order valence-electron chi connectivity index (χ0n) is 14.3. The minimum Gasteiger partial charge on any atom is -0.449 e. The van der Waals surface area contributed by atoms with Crippen LogP contribution in [-0.2, 0) is 9.53 Å². The fourth-order valence-corrected chi connectivity index (χ4v) is 2.47. The number of rotatable bonds is 4. The monoisotopic (exact) mass is 377 g/mol. The van der Waals surface area contributed by atoms with Gasteiger partial charge in [-0.1, -0.05) is 0 Å². The van der Waals surface area contributed by atoms with E-state index >= 15 is 0 Å². The summed E-state index contributed by atoms with van der Waals surface area (Å²) in [6, 6.07) is 6.64. The number of nitrogens with one attached hydrogen (secondary N) is 1. The molecule has 0 aliphatic carbocycles. The molecule has 1 aromatic heterocycles. The van der Waals surface area contributed by atoms with E-state index in [1.54, 1.807) is 6.92 Å². The summed E-state index contributed by atoms with van der Waals surface area (Å²) in [5, 5.41) is 2.73. The summed E-state index contributed by atoms with van der Waals surface area (Å²) in [6.07, 6.45) is -1.24. The molecule has 0 aliphatic rings. The number of halogens is 3. The van der Waals surface area contributed by atoms with Crippen molar-refractivity contribution < 1.29 is 31.9 Å². The van der Waals surface area contributed by atoms with Gasteiger partial charge in [0.25, 0.3) is 5.91 Å². The Morgan fingerprint density at radius 2 is 1.81 bits per heavy atom. The van der Waals surface area contributed by atoms with Crippen molar-refractivity contribution in [1.82, 2.24) is 0 Å². The van der Waals surface area contributed by atoms with Crippen LogP contribution in [0.2, 0.25) is 0 Å². The van der Waals surface area contributed by atoms with Crippen molar-refractivity contribution in [1.29, 1.82) is 0 Å². The molecule has 2 aromatic carbocycles. The zero-order valence-corrected chi connectivity index (χ0v) is 14.3. The molecule has 140 valence electrons. The Kier molecular flexibility index (Phi) is 4.89. The number of carbonyl (C=O) groups excluding carboxylic acids is 2. The van der Waals surface area contributed by atoms with Crippen molar-refractivity contribution in [3.63, 3.8) is 0 Å². The third-order valence-corrected chi connectivity index (χ3v) is 3.92. The Hall–Kier alpha value is -3.29. The predicted octanol–water partition coefficient (Wildman–Crippen LogP) is 4.34. The zero-order chi connectivity index (χ0) is 19.7. The van der Waals surface area contributed by atoms with Crippen molar-refractivity contribution in [2.45, 2.75) is 20.0 Å². The number of benzene rings is 2. The maximum Gasteiger partial charge on any atom is 0.375 e. The molecule has 0 saturated heterocycles. The van der Waals surface area contributed by atoms with E-state index in [0.717, 1.165) is 12.1 Å². The molecule has 1 N–H and O–H groups in total. The van der Waals surface area contributed by atoms with Crippen LogP contribution in [0.3, 0.4) is 0 Å². The van der Waals surface area contributed by atoms with Gasteiger partial charge >= 0.3 is 5.97 Å². The van der Waals surface area contributed by atoms with Gasteiger partial charge in [-0.25, -0.2) is 18.0 Å². The quantitative estimate of drug-likeness (QED) is 0.687. The molecular weight excluding hydrogens is 363 g/mol. The molecule has 1 heterocycles. The van der Waals surface area contributed by atoms with E-state index in [-0.39, 0.29) is 11.4 Å². The lowest BCUT2D eigenvalue weighted by atomic mass is 10.1. The van der Waals surface area contributed by atoms with Gasteiger partial charge in [0.1, 0.15) is 11.4 Å². The summed E-state index contributed by atoms with van der Waals surface area (Å²) in [7, 11) is 0. The number of carbonyl (C=O) groups is 2. The maximum absolute atomic E-state index is 13.3. The van der Waals surface area contributed by atoms with E-state index in [1.807, 2.05) is 0 Å². The number of anilines is 1. The minimum atomic E-state index is -1.24. The normalized spacial score (nSPS) is 12.0. The summed E-state index contributed by atoms with van der Waals surface area (Å²) in [4.78, 5) is 24.4. The number of hydrogen-bond donors (Lipinski definition) is 1. The van der Waals surface area contributed by atoms with E-state index in [1.165, 1.54) is 31.2 Å². The van der Waals surface area contributed by atoms with Crippen LogP contribution < -0.4 is 5.32 Å². The summed E-state index contributed by atoms with van der Waals surface area (Å²) < 4.78 is 49.9. The number of hydrogen-bond acceptors (Lipinski definition) is 4. The van der Waals surface area contributed by atoms with E-state index in [0.29, 0.717) is 16.5 Å². The molecule has 0 radical (unpaired) electrons. The SMILES string of the molecule is Cc1c(C(=O)O[C@H](C)C(=O)Nc2ccc(F)c(F)c2)oc2ccc(F)cc12. The van der Waals surface area contributed by atoms with Gasteiger partial charge in [0.15, 0.2) is 17.7 Å². The van der Waals surface area contributed by atoms with Crippen LogP contribution >= 0.6 is 0 Å². The van der Waals surface area contributed by atoms with Gasteiger partial charge in [0.05, 0.1) is 0 Å². The van der Waals surface area contributed by atoms with Crippen LogP contribution in [0.1, 0.15) is 23.0 Å². The van der Waals surface area contributed by atoms with Crippen molar-refractivity contribution >= 4 is 28.5 Å². The van der Waals surface area contributed by atoms with Crippen molar-refractivity contribution in [2.75, 3.05) is 5.32 Å². The predicted molar refractivity (Wildman–Crippen MR) is 90.8 cm³/mol. The van der Waals surface area contributed by atoms with Crippen LogP contribution in [-0.4, -0.2) is 18.0 Å². The molecule has 0 saturated carbocycles. The Bertz CT molecular complexity index is 1040. The fraction of sp³-hybridized carbons (Fsp3) is 0.158. The first-order valence-electron chi connectivity index (χ1n) is 7.92. The average Bonchev–Trinajstić information content (AvgIpc) is 2.94. The van der Waals surface area contributed by atoms with Gasteiger partial charge in [-0.3, -0.25) is 4.79 Å². The highest BCUT2D eigenvalue weighted by Gasteiger charge is 2.24. The molecule has 0 bridgehead atoms. The minimum absolute atomic E-state index is 0.0113. The molecule has 27 heavy (non-hydrogen) atoms. The smallest absolute Gasteiger partial charge is 0.375 e. The van der Waals surface area contributed by atoms with Gasteiger partial charge in [0.2, 0.25) is 5.76 Å². The van der Waals surface area contributed by atoms with Crippen LogP contribution in [0.15, 0.2) is 40.8 Å². The Morgan fingerprint density at radius 3 is 2.52 bits per heavy atom. The summed E-state index contributed by atoms with van der Waals surface area (Å²) >= 11 is 0. The van der Waals surface area contributed by atoms with Gasteiger partial charge in [-0.2, -0.15) is 0 Å². The molecule has 0 aliphatic heterocycles. The number of amides is 1. The topological polar surface area (TPSA) is 68.5 Å². The first-order chi connectivity index (χ1) is 12.8. The van der Waals surface area contributed by atoms with Gasteiger partial charge in [0, 0.05) is 22.7 Å². The third-order valence-electron chi connectivity index (χ3n) is 3.92. The molecule has 0 unspecified atom stereocenters. The lowest BCUT2D eigenvalue weighted by Crippen LogP contribution is -2.30. The largest absolute Gasteiger partial charge is 0.449 e. The van der Waals surface area contributed by atoms with Crippen molar-refractivity contribution in [2.24, 2.45) is 0 Å². The lowest BCUT2D eigenvalue weighted by molar-refractivity contribution is -0.123. The summed E-state index contributed by atoms with van der Waals surface area (Å²) in [6.45, 7) is 2.87. The van der Waals surface area contributed by atoms with E-state index in [4.69, 9.17) is 9.15 Å². The highest BCUT2D eigenvalue weighted by Crippen LogP contribution is 2.26. The van der Waals surface area contributed by atoms with Crippen molar-refractivity contribution in [3.8, 4) is 0 Å². The summed E-state index contributed by atoms with van der Waals surface area (Å²) in [5.41, 5.74) is 0.694. The Morgan fingerprint density at radius 1 is 1.07 bits per heavy atom. The standard InChI is InChI=1S/C19H14F3NO4/c1-9-13-7-11(20)3-6-16(13)27-17(9)19(25)26-10(2)18(24)23-12-4-5-14(21)15(22)8-12/h3-8,10H,1-2H3,(H,23,24)/t10-/m1/s1. The molecule has 5 nitrogen and oxygen atoms in total. The molecule has 3 rings (SSSR count). The number of esters is 1. The van der Waals surface area contributed by atoms with Crippen LogP contribution in [0.4, 0.5) is 18.9 Å². The van der Waals surface area contributed by atoms with E-state index in [9.17, 15) is 22.8 Å². The highest BCUT2D eigenvalue weighted by atomic mass is 19.2. The Labute approximate surface area is 151 Å². The average molecular weight is 377 g/mol. The van der Waals surface area contributed by atoms with Gasteiger partial charge in [-0.05, 0) is 44.2 Å². The number of aryl methyl sites for hydroxylation is 1. The summed E-state index contributed by atoms with van der Waals surface area (Å²) in [5.74, 6) is -4.45. The highest BCUT2D eigenvalue weighted by molar-refractivity contribution is 5.99. The van der Waals surface area contributed by atoms with E-state index in [2.05, 4.69) is 5.32 Å². The van der Waals surface area contributed by atoms with Crippen LogP contribution in [0.25, 0.3) is 11.0 Å². The van der Waals surface area contributed by atoms with Gasteiger partial charge in [-0.15, -0.1) is 0 Å². The molecule has 1 amide bonds. The maximum atomic E-state index is 13.3. The number of ether oxygens (including phenoxy) is 1. The second-order valence-electron chi connectivity index (χ2n) is 5.86. The first-order valence-corrected chi connectivity index (χ1v) is 7.92. The second kappa shape index (κ2) is 7.14. The molecule has 1 atom stereocenters. The van der Waals surface area contributed by atoms with Gasteiger partial charge < -0.3 is 14.5 Å².